The summed E-state index contributed by atoms with van der Waals surface area (Å²) in [6, 6.07) is 5.03. The second kappa shape index (κ2) is 8.14. The third kappa shape index (κ3) is 7.24. The number of rotatable bonds is 7. The number of anilines is 1. The molecular weight excluding hydrogens is 305 g/mol. The maximum atomic E-state index is 12.0. The molecule has 4 nitrogen and oxygen atoms in total. The van der Waals surface area contributed by atoms with Gasteiger partial charge in [0.2, 0.25) is 5.91 Å². The summed E-state index contributed by atoms with van der Waals surface area (Å²) < 4.78 is 40.5. The second-order valence-corrected chi connectivity index (χ2v) is 5.29. The van der Waals surface area contributed by atoms with E-state index in [2.05, 4.69) is 10.1 Å². The second-order valence-electron chi connectivity index (χ2n) is 4.31. The van der Waals surface area contributed by atoms with E-state index in [9.17, 15) is 18.0 Å². The van der Waals surface area contributed by atoms with Gasteiger partial charge in [0.05, 0.1) is 6.04 Å². The maximum Gasteiger partial charge on any atom is 0.422 e. The number of hydrogen-bond donors (Lipinski definition) is 2. The highest BCUT2D eigenvalue weighted by molar-refractivity contribution is 7.98. The Balaban J connectivity index is 2.49. The number of ether oxygens (including phenoxy) is 1. The Kier molecular flexibility index (Phi) is 6.83. The first kappa shape index (κ1) is 17.6. The standard InChI is InChI=1S/C13H17F3N2O2S/c1-21-7-6-11(17)12(19)18-9-2-4-10(5-3-9)20-8-13(14,15)16/h2-5,11H,6-8,17H2,1H3,(H,18,19)/t11-/m1/s1. The number of carbonyl (C=O) groups excluding carboxylic acids is 1. The summed E-state index contributed by atoms with van der Waals surface area (Å²) in [5, 5.41) is 2.60. The van der Waals surface area contributed by atoms with Gasteiger partial charge >= 0.3 is 6.18 Å². The van der Waals surface area contributed by atoms with Gasteiger partial charge in [-0.3, -0.25) is 4.79 Å². The molecule has 1 rings (SSSR count). The van der Waals surface area contributed by atoms with E-state index in [-0.39, 0.29) is 11.7 Å². The Morgan fingerprint density at radius 3 is 2.52 bits per heavy atom. The number of hydrogen-bond acceptors (Lipinski definition) is 4. The number of carbonyl (C=O) groups is 1. The lowest BCUT2D eigenvalue weighted by Gasteiger charge is -2.12. The van der Waals surface area contributed by atoms with Crippen molar-refractivity contribution in [1.82, 2.24) is 0 Å². The highest BCUT2D eigenvalue weighted by atomic mass is 32.2. The monoisotopic (exact) mass is 322 g/mol. The highest BCUT2D eigenvalue weighted by Gasteiger charge is 2.28. The molecule has 3 N–H and O–H groups in total. The van der Waals surface area contributed by atoms with Crippen LogP contribution in [0.5, 0.6) is 5.75 Å². The number of alkyl halides is 3. The van der Waals surface area contributed by atoms with Gasteiger partial charge in [0.25, 0.3) is 0 Å². The molecule has 1 aromatic carbocycles. The molecule has 0 aromatic heterocycles. The van der Waals surface area contributed by atoms with E-state index in [1.165, 1.54) is 24.3 Å². The Labute approximate surface area is 125 Å². The van der Waals surface area contributed by atoms with Crippen LogP contribution in [0.25, 0.3) is 0 Å². The van der Waals surface area contributed by atoms with E-state index < -0.39 is 18.8 Å². The number of amides is 1. The van der Waals surface area contributed by atoms with Crippen molar-refractivity contribution in [3.05, 3.63) is 24.3 Å². The molecule has 0 aliphatic carbocycles. The molecule has 0 fully saturated rings. The first-order valence-corrected chi connectivity index (χ1v) is 7.56. The van der Waals surface area contributed by atoms with Crippen LogP contribution in [0.3, 0.4) is 0 Å². The van der Waals surface area contributed by atoms with Gasteiger partial charge in [0.1, 0.15) is 5.75 Å². The molecule has 1 amide bonds. The molecule has 0 spiro atoms. The van der Waals surface area contributed by atoms with E-state index in [4.69, 9.17) is 5.73 Å². The summed E-state index contributed by atoms with van der Waals surface area (Å²) in [6.07, 6.45) is -1.90. The van der Waals surface area contributed by atoms with Crippen LogP contribution in [0.4, 0.5) is 18.9 Å². The van der Waals surface area contributed by atoms with Crippen molar-refractivity contribution in [1.29, 1.82) is 0 Å². The molecule has 0 radical (unpaired) electrons. The SMILES string of the molecule is CSCC[C@@H](N)C(=O)Nc1ccc(OCC(F)(F)F)cc1. The Bertz CT molecular complexity index is 452. The lowest BCUT2D eigenvalue weighted by Crippen LogP contribution is -2.36. The van der Waals surface area contributed by atoms with Gasteiger partial charge in [-0.15, -0.1) is 0 Å². The van der Waals surface area contributed by atoms with E-state index in [0.29, 0.717) is 12.1 Å². The van der Waals surface area contributed by atoms with Crippen LogP contribution >= 0.6 is 11.8 Å². The third-order valence-electron chi connectivity index (χ3n) is 2.49. The summed E-state index contributed by atoms with van der Waals surface area (Å²) in [4.78, 5) is 11.7. The van der Waals surface area contributed by atoms with Crippen LogP contribution in [0.1, 0.15) is 6.42 Å². The van der Waals surface area contributed by atoms with Gasteiger partial charge in [0.15, 0.2) is 6.61 Å². The van der Waals surface area contributed by atoms with Gasteiger partial charge < -0.3 is 15.8 Å². The maximum absolute atomic E-state index is 12.0. The predicted octanol–water partition coefficient (Wildman–Crippen LogP) is 2.65. The normalized spacial score (nSPS) is 12.8. The summed E-state index contributed by atoms with van der Waals surface area (Å²) in [7, 11) is 0. The van der Waals surface area contributed by atoms with Gasteiger partial charge in [-0.2, -0.15) is 24.9 Å². The first-order chi connectivity index (χ1) is 9.81. The number of thioether (sulfide) groups is 1. The highest BCUT2D eigenvalue weighted by Crippen LogP contribution is 2.20. The van der Waals surface area contributed by atoms with Crippen LogP contribution in [-0.2, 0) is 4.79 Å². The molecule has 1 atom stereocenters. The van der Waals surface area contributed by atoms with Gasteiger partial charge in [-0.1, -0.05) is 0 Å². The minimum absolute atomic E-state index is 0.0806. The van der Waals surface area contributed by atoms with E-state index >= 15 is 0 Å². The van der Waals surface area contributed by atoms with Crippen LogP contribution in [-0.4, -0.2) is 36.7 Å². The predicted molar refractivity (Wildman–Crippen MR) is 77.6 cm³/mol. The summed E-state index contributed by atoms with van der Waals surface area (Å²) >= 11 is 1.59. The van der Waals surface area contributed by atoms with Crippen LogP contribution < -0.4 is 15.8 Å². The quantitative estimate of drug-likeness (QED) is 0.810. The van der Waals surface area contributed by atoms with E-state index in [1.807, 2.05) is 6.26 Å². The summed E-state index contributed by atoms with van der Waals surface area (Å²) in [5.41, 5.74) is 6.16. The van der Waals surface area contributed by atoms with Gasteiger partial charge in [0, 0.05) is 5.69 Å². The fourth-order valence-corrected chi connectivity index (χ4v) is 1.90. The molecule has 0 saturated carbocycles. The molecular formula is C13H17F3N2O2S. The minimum atomic E-state index is -4.38. The van der Waals surface area contributed by atoms with Gasteiger partial charge in [-0.05, 0) is 42.7 Å². The number of nitrogens with one attached hydrogen (secondary N) is 1. The van der Waals surface area contributed by atoms with Crippen molar-refractivity contribution in [3.8, 4) is 5.75 Å². The zero-order valence-corrected chi connectivity index (χ0v) is 12.3. The number of nitrogens with two attached hydrogens (primary N) is 1. The number of halogens is 3. The smallest absolute Gasteiger partial charge is 0.422 e. The summed E-state index contributed by atoms with van der Waals surface area (Å²) in [6.45, 7) is -1.35. The van der Waals surface area contributed by atoms with E-state index in [0.717, 1.165) is 5.75 Å². The van der Waals surface area contributed by atoms with Crippen molar-refractivity contribution in [2.24, 2.45) is 5.73 Å². The zero-order chi connectivity index (χ0) is 15.9. The lowest BCUT2D eigenvalue weighted by atomic mass is 10.2. The van der Waals surface area contributed by atoms with Crippen molar-refractivity contribution in [2.45, 2.75) is 18.6 Å². The van der Waals surface area contributed by atoms with Gasteiger partial charge in [-0.25, -0.2) is 0 Å². The molecule has 0 saturated heterocycles. The molecule has 8 heteroatoms. The lowest BCUT2D eigenvalue weighted by molar-refractivity contribution is -0.153. The average molecular weight is 322 g/mol. The molecule has 21 heavy (non-hydrogen) atoms. The zero-order valence-electron chi connectivity index (χ0n) is 11.4. The van der Waals surface area contributed by atoms with Crippen LogP contribution in [0.2, 0.25) is 0 Å². The largest absolute Gasteiger partial charge is 0.484 e. The van der Waals surface area contributed by atoms with Crippen LogP contribution in [0, 0.1) is 0 Å². The third-order valence-corrected chi connectivity index (χ3v) is 3.14. The fourth-order valence-electron chi connectivity index (χ4n) is 1.41. The fraction of sp³-hybridized carbons (Fsp3) is 0.462. The van der Waals surface area contributed by atoms with Crippen molar-refractivity contribution < 1.29 is 22.7 Å². The molecule has 0 heterocycles. The van der Waals surface area contributed by atoms with E-state index in [1.54, 1.807) is 11.8 Å². The Morgan fingerprint density at radius 2 is 2.00 bits per heavy atom. The Hall–Kier alpha value is -1.41. The molecule has 1 aromatic rings. The molecule has 0 bridgehead atoms. The van der Waals surface area contributed by atoms with Crippen molar-refractivity contribution >= 4 is 23.4 Å². The van der Waals surface area contributed by atoms with Crippen LogP contribution in [0.15, 0.2) is 24.3 Å². The average Bonchev–Trinajstić information content (AvgIpc) is 2.43. The molecule has 118 valence electrons. The van der Waals surface area contributed by atoms with Crippen molar-refractivity contribution in [2.75, 3.05) is 23.9 Å². The molecule has 0 aliphatic rings. The molecule has 0 unspecified atom stereocenters. The topological polar surface area (TPSA) is 64.4 Å². The minimum Gasteiger partial charge on any atom is -0.484 e. The van der Waals surface area contributed by atoms with Crippen molar-refractivity contribution in [3.63, 3.8) is 0 Å². The first-order valence-electron chi connectivity index (χ1n) is 6.17. The Morgan fingerprint density at radius 1 is 1.38 bits per heavy atom. The summed E-state index contributed by atoms with van der Waals surface area (Å²) in [5.74, 6) is 0.531. The number of benzene rings is 1. The molecule has 0 aliphatic heterocycles.